The van der Waals surface area contributed by atoms with E-state index in [1.807, 2.05) is 0 Å². The molecule has 0 radical (unpaired) electrons. The summed E-state index contributed by atoms with van der Waals surface area (Å²) in [6.45, 7) is 0. The van der Waals surface area contributed by atoms with Crippen molar-refractivity contribution in [3.63, 3.8) is 0 Å². The van der Waals surface area contributed by atoms with Crippen LogP contribution < -0.4 is 5.73 Å². The highest BCUT2D eigenvalue weighted by molar-refractivity contribution is 7.85. The van der Waals surface area contributed by atoms with Crippen molar-refractivity contribution < 1.29 is 18.7 Å². The van der Waals surface area contributed by atoms with Crippen LogP contribution in [0.4, 0.5) is 5.69 Å². The van der Waals surface area contributed by atoms with E-state index < -0.39 is 10.1 Å². The topological polar surface area (TPSA) is 84.8 Å². The van der Waals surface area contributed by atoms with Gasteiger partial charge in [-0.15, -0.1) is 0 Å². The number of benzene rings is 2. The van der Waals surface area contributed by atoms with Crippen molar-refractivity contribution in [2.24, 2.45) is 0 Å². The van der Waals surface area contributed by atoms with Gasteiger partial charge in [0, 0.05) is 16.1 Å². The fourth-order valence-electron chi connectivity index (χ4n) is 1.14. The lowest BCUT2D eigenvalue weighted by atomic mass is 10.3. The molecule has 0 bridgehead atoms. The first-order valence-electron chi connectivity index (χ1n) is 5.18. The molecule has 0 saturated carbocycles. The van der Waals surface area contributed by atoms with Gasteiger partial charge in [0.05, 0.1) is 4.90 Å². The van der Waals surface area contributed by atoms with Gasteiger partial charge in [0.15, 0.2) is 0 Å². The number of halogens is 3. The molecule has 0 atom stereocenters. The highest BCUT2D eigenvalue weighted by Gasteiger charge is 1.98. The lowest BCUT2D eigenvalue weighted by molar-refractivity contribution is -0.254. The van der Waals surface area contributed by atoms with E-state index in [0.29, 0.717) is 15.1 Å². The predicted molar refractivity (Wildman–Crippen MR) is 78.4 cm³/mol. The first-order chi connectivity index (χ1) is 9.20. The van der Waals surface area contributed by atoms with E-state index in [0.717, 1.165) is 5.69 Å². The van der Waals surface area contributed by atoms with Gasteiger partial charge >= 0.3 is 0 Å². The molecule has 3 N–H and O–H groups in total. The van der Waals surface area contributed by atoms with Crippen molar-refractivity contribution in [2.45, 2.75) is 4.90 Å². The summed E-state index contributed by atoms with van der Waals surface area (Å²) in [6.07, 6.45) is 0. The van der Waals surface area contributed by atoms with Gasteiger partial charge in [-0.2, -0.15) is 0 Å². The molecular weight excluding hydrogens is 345 g/mol. The normalized spacial score (nSPS) is 10.7. The fraction of sp³-hybridized carbons (Fsp3) is 0. The van der Waals surface area contributed by atoms with Gasteiger partial charge in [-0.05, 0) is 36.4 Å². The zero-order valence-electron chi connectivity index (χ0n) is 10.0. The summed E-state index contributed by atoms with van der Waals surface area (Å²) in [4.78, 5) is -0.262. The highest BCUT2D eigenvalue weighted by Crippen LogP contribution is 2.20. The minimum Gasteiger partial charge on any atom is -0.744 e. The Morgan fingerprint density at radius 2 is 1.40 bits per heavy atom. The second kappa shape index (κ2) is 7.26. The van der Waals surface area contributed by atoms with E-state index in [2.05, 4.69) is 5.73 Å². The van der Waals surface area contributed by atoms with E-state index in [4.69, 9.17) is 34.8 Å². The summed E-state index contributed by atoms with van der Waals surface area (Å²) < 4.78 is 31.0. The van der Waals surface area contributed by atoms with Crippen LogP contribution in [-0.4, -0.2) is 13.0 Å². The molecular formula is C12H10Cl3NO3S. The molecule has 20 heavy (non-hydrogen) atoms. The van der Waals surface area contributed by atoms with Crippen molar-refractivity contribution in [3.8, 4) is 0 Å². The average Bonchev–Trinajstić information content (AvgIpc) is 2.34. The third-order valence-corrected chi connectivity index (χ3v) is 3.82. The molecule has 4 nitrogen and oxygen atoms in total. The van der Waals surface area contributed by atoms with Crippen LogP contribution in [0.2, 0.25) is 15.1 Å². The highest BCUT2D eigenvalue weighted by atomic mass is 35.5. The van der Waals surface area contributed by atoms with Crippen molar-refractivity contribution in [2.75, 3.05) is 0 Å². The van der Waals surface area contributed by atoms with Crippen LogP contribution in [-0.2, 0) is 10.1 Å². The van der Waals surface area contributed by atoms with Crippen LogP contribution in [0.3, 0.4) is 0 Å². The standard InChI is InChI=1S/C6H5Cl2N.C6H5ClO3S/c7-4-1-2-5(8)6(9)3-4;7-5-1-3-6(4-2-5)11(8,9)10/h1-3H,9H2;1-4H,(H,8,9,10). The molecule has 0 aliphatic heterocycles. The van der Waals surface area contributed by atoms with Gasteiger partial charge in [-0.1, -0.05) is 34.8 Å². The number of hydrogen-bond acceptors (Lipinski definition) is 3. The second-order valence-electron chi connectivity index (χ2n) is 3.64. The fourth-order valence-corrected chi connectivity index (χ4v) is 2.05. The van der Waals surface area contributed by atoms with E-state index in [-0.39, 0.29) is 4.90 Å². The van der Waals surface area contributed by atoms with Gasteiger partial charge in [0.1, 0.15) is 20.8 Å². The zero-order valence-corrected chi connectivity index (χ0v) is 13.1. The first kappa shape index (κ1) is 17.2. The molecule has 2 rings (SSSR count). The molecule has 2 aromatic rings. The summed E-state index contributed by atoms with van der Waals surface area (Å²) in [6, 6.07) is 10.2. The number of rotatable bonds is 1. The molecule has 0 aliphatic rings. The maximum absolute atomic E-state index is 10.3. The maximum atomic E-state index is 10.3. The quantitative estimate of drug-likeness (QED) is 0.798. The maximum Gasteiger partial charge on any atom is 0.148 e. The second-order valence-corrected chi connectivity index (χ2v) is 6.30. The lowest BCUT2D eigenvalue weighted by Gasteiger charge is -2.05. The number of hydrogen-bond donors (Lipinski definition) is 1. The summed E-state index contributed by atoms with van der Waals surface area (Å²) in [5, 5.41) is 1.72. The van der Waals surface area contributed by atoms with Crippen LogP contribution in [0.5, 0.6) is 0 Å². The molecule has 0 spiro atoms. The van der Waals surface area contributed by atoms with Crippen LogP contribution >= 0.6 is 34.8 Å². The number of quaternary nitrogens is 1. The summed E-state index contributed by atoms with van der Waals surface area (Å²) in [5.74, 6) is 0. The monoisotopic (exact) mass is 353 g/mol. The Bertz CT molecular complexity index is 688. The zero-order chi connectivity index (χ0) is 15.3. The predicted octanol–water partition coefficient (Wildman–Crippen LogP) is 3.11. The molecule has 0 fully saturated rings. The Morgan fingerprint density at radius 1 is 0.900 bits per heavy atom. The van der Waals surface area contributed by atoms with E-state index in [1.54, 1.807) is 18.2 Å². The van der Waals surface area contributed by atoms with E-state index >= 15 is 0 Å². The van der Waals surface area contributed by atoms with Crippen LogP contribution in [0.15, 0.2) is 47.4 Å². The van der Waals surface area contributed by atoms with Gasteiger partial charge in [-0.25, -0.2) is 8.42 Å². The minimum atomic E-state index is -4.33. The van der Waals surface area contributed by atoms with Gasteiger partial charge < -0.3 is 10.3 Å². The Morgan fingerprint density at radius 3 is 1.80 bits per heavy atom. The summed E-state index contributed by atoms with van der Waals surface area (Å²) >= 11 is 16.7. The van der Waals surface area contributed by atoms with Crippen LogP contribution in [0.1, 0.15) is 0 Å². The molecule has 0 heterocycles. The molecule has 0 aromatic heterocycles. The first-order valence-corrected chi connectivity index (χ1v) is 7.73. The molecule has 0 saturated heterocycles. The Kier molecular flexibility index (Phi) is 6.26. The molecule has 0 unspecified atom stereocenters. The van der Waals surface area contributed by atoms with Crippen LogP contribution in [0.25, 0.3) is 0 Å². The molecule has 0 aliphatic carbocycles. The molecule has 8 heteroatoms. The summed E-state index contributed by atoms with van der Waals surface area (Å²) in [5.41, 5.74) is 4.43. The summed E-state index contributed by atoms with van der Waals surface area (Å²) in [7, 11) is -4.33. The third kappa shape index (κ3) is 5.66. The minimum absolute atomic E-state index is 0.262. The van der Waals surface area contributed by atoms with Crippen molar-refractivity contribution in [1.82, 2.24) is 0 Å². The van der Waals surface area contributed by atoms with E-state index in [1.165, 1.54) is 24.3 Å². The SMILES string of the molecule is O=S(=O)([O-])c1ccc(Cl)cc1.[NH3+]c1cc(Cl)ccc1Cl. The molecule has 108 valence electrons. The Balaban J connectivity index is 0.000000204. The average molecular weight is 355 g/mol. The van der Waals surface area contributed by atoms with Gasteiger partial charge in [0.2, 0.25) is 0 Å². The van der Waals surface area contributed by atoms with Gasteiger partial charge in [-0.3, -0.25) is 0 Å². The lowest BCUT2D eigenvalue weighted by Crippen LogP contribution is -2.40. The van der Waals surface area contributed by atoms with Crippen molar-refractivity contribution in [1.29, 1.82) is 0 Å². The van der Waals surface area contributed by atoms with Crippen molar-refractivity contribution >= 4 is 50.6 Å². The smallest absolute Gasteiger partial charge is 0.148 e. The molecule has 2 aromatic carbocycles. The Hall–Kier alpha value is -0.820. The van der Waals surface area contributed by atoms with E-state index in [9.17, 15) is 13.0 Å². The third-order valence-electron chi connectivity index (χ3n) is 2.11. The van der Waals surface area contributed by atoms with Gasteiger partial charge in [0.25, 0.3) is 0 Å². The molecule has 0 amide bonds. The van der Waals surface area contributed by atoms with Crippen LogP contribution in [0, 0.1) is 0 Å². The largest absolute Gasteiger partial charge is 0.744 e. The Labute approximate surface area is 131 Å². The van der Waals surface area contributed by atoms with Crippen molar-refractivity contribution in [3.05, 3.63) is 57.5 Å².